The first-order valence-electron chi connectivity index (χ1n) is 6.71. The molecule has 1 saturated carbocycles. The van der Waals surface area contributed by atoms with Gasteiger partial charge in [0.2, 0.25) is 0 Å². The van der Waals surface area contributed by atoms with Crippen LogP contribution in [0.2, 0.25) is 0 Å². The summed E-state index contributed by atoms with van der Waals surface area (Å²) in [5, 5.41) is 9.48. The molecule has 0 spiro atoms. The Morgan fingerprint density at radius 1 is 1.00 bits per heavy atom. The zero-order chi connectivity index (χ0) is 10.7. The number of hydrogen-bond acceptors (Lipinski definition) is 2. The van der Waals surface area contributed by atoms with E-state index in [4.69, 9.17) is 0 Å². The summed E-state index contributed by atoms with van der Waals surface area (Å²) >= 11 is 0. The molecule has 2 fully saturated rings. The highest BCUT2D eigenvalue weighted by atomic mass is 16.3. The molecular formula is C13H25NO. The van der Waals surface area contributed by atoms with Crippen LogP contribution < -0.4 is 0 Å². The van der Waals surface area contributed by atoms with E-state index in [9.17, 15) is 5.11 Å². The minimum atomic E-state index is -0.0202. The average Bonchev–Trinajstić information content (AvgIpc) is 2.30. The van der Waals surface area contributed by atoms with E-state index in [1.807, 2.05) is 0 Å². The fourth-order valence-electron chi connectivity index (χ4n) is 3.17. The number of rotatable bonds is 2. The Morgan fingerprint density at radius 2 is 1.60 bits per heavy atom. The van der Waals surface area contributed by atoms with Gasteiger partial charge in [-0.3, -0.25) is 0 Å². The van der Waals surface area contributed by atoms with Crippen LogP contribution in [0.5, 0.6) is 0 Å². The van der Waals surface area contributed by atoms with Crippen molar-refractivity contribution in [1.29, 1.82) is 0 Å². The molecule has 1 heterocycles. The fourth-order valence-corrected chi connectivity index (χ4v) is 3.17. The Bertz CT molecular complexity index is 179. The lowest BCUT2D eigenvalue weighted by molar-refractivity contribution is 0.0451. The molecule has 0 atom stereocenters. The highest BCUT2D eigenvalue weighted by Crippen LogP contribution is 2.30. The molecule has 2 rings (SSSR count). The molecule has 0 aromatic rings. The summed E-state index contributed by atoms with van der Waals surface area (Å²) in [5.41, 5.74) is 0. The van der Waals surface area contributed by atoms with E-state index in [2.05, 4.69) is 11.8 Å². The predicted octanol–water partition coefficient (Wildman–Crippen LogP) is 2.41. The molecule has 1 N–H and O–H groups in total. The topological polar surface area (TPSA) is 23.5 Å². The third-order valence-corrected chi connectivity index (χ3v) is 4.41. The third kappa shape index (κ3) is 2.94. The van der Waals surface area contributed by atoms with Crippen molar-refractivity contribution in [3.8, 4) is 0 Å². The standard InChI is InChI=1S/C13H25NO/c1-2-11-3-5-12(6-4-11)14-9-7-13(15)8-10-14/h11-13,15H,2-10H2,1H3. The second-order valence-corrected chi connectivity index (χ2v) is 5.35. The minimum Gasteiger partial charge on any atom is -0.393 e. The maximum absolute atomic E-state index is 9.48. The van der Waals surface area contributed by atoms with Crippen LogP contribution in [0.15, 0.2) is 0 Å². The summed E-state index contributed by atoms with van der Waals surface area (Å²) in [6, 6.07) is 0.834. The zero-order valence-electron chi connectivity index (χ0n) is 9.99. The van der Waals surface area contributed by atoms with Crippen molar-refractivity contribution >= 4 is 0 Å². The van der Waals surface area contributed by atoms with Crippen LogP contribution in [-0.4, -0.2) is 35.2 Å². The first-order valence-corrected chi connectivity index (χ1v) is 6.71. The van der Waals surface area contributed by atoms with Gasteiger partial charge in [-0.05, 0) is 44.4 Å². The van der Waals surface area contributed by atoms with Gasteiger partial charge in [0.25, 0.3) is 0 Å². The smallest absolute Gasteiger partial charge is 0.0564 e. The Kier molecular flexibility index (Phi) is 4.04. The Hall–Kier alpha value is -0.0800. The molecule has 0 bridgehead atoms. The van der Waals surface area contributed by atoms with E-state index in [-0.39, 0.29) is 6.10 Å². The van der Waals surface area contributed by atoms with Crippen molar-refractivity contribution in [1.82, 2.24) is 4.90 Å². The van der Waals surface area contributed by atoms with Crippen molar-refractivity contribution in [2.24, 2.45) is 5.92 Å². The minimum absolute atomic E-state index is 0.0202. The molecule has 2 heteroatoms. The van der Waals surface area contributed by atoms with Crippen LogP contribution in [0.3, 0.4) is 0 Å². The number of hydrogen-bond donors (Lipinski definition) is 1. The second kappa shape index (κ2) is 5.31. The molecule has 1 aliphatic heterocycles. The monoisotopic (exact) mass is 211 g/mol. The van der Waals surface area contributed by atoms with E-state index in [1.54, 1.807) is 0 Å². The summed E-state index contributed by atoms with van der Waals surface area (Å²) in [7, 11) is 0. The summed E-state index contributed by atoms with van der Waals surface area (Å²) in [4.78, 5) is 2.62. The quantitative estimate of drug-likeness (QED) is 0.758. The summed E-state index contributed by atoms with van der Waals surface area (Å²) < 4.78 is 0. The molecule has 0 amide bonds. The van der Waals surface area contributed by atoms with Gasteiger partial charge in [-0.25, -0.2) is 0 Å². The Labute approximate surface area is 93.7 Å². The molecule has 88 valence electrons. The second-order valence-electron chi connectivity index (χ2n) is 5.35. The normalized spacial score (nSPS) is 35.6. The third-order valence-electron chi connectivity index (χ3n) is 4.41. The lowest BCUT2D eigenvalue weighted by Crippen LogP contribution is -2.44. The molecule has 1 aliphatic carbocycles. The van der Waals surface area contributed by atoms with Crippen LogP contribution in [0.4, 0.5) is 0 Å². The largest absolute Gasteiger partial charge is 0.393 e. The van der Waals surface area contributed by atoms with Crippen LogP contribution in [0, 0.1) is 5.92 Å². The highest BCUT2D eigenvalue weighted by Gasteiger charge is 2.27. The van der Waals surface area contributed by atoms with Crippen LogP contribution in [0.1, 0.15) is 51.9 Å². The molecular weight excluding hydrogens is 186 g/mol. The lowest BCUT2D eigenvalue weighted by Gasteiger charge is -2.39. The van der Waals surface area contributed by atoms with Crippen molar-refractivity contribution in [2.75, 3.05) is 13.1 Å². The average molecular weight is 211 g/mol. The zero-order valence-corrected chi connectivity index (χ0v) is 9.99. The summed E-state index contributed by atoms with van der Waals surface area (Å²) in [6.07, 6.45) is 8.99. The Balaban J connectivity index is 1.75. The van der Waals surface area contributed by atoms with Crippen molar-refractivity contribution in [2.45, 2.75) is 64.0 Å². The van der Waals surface area contributed by atoms with Gasteiger partial charge in [-0.1, -0.05) is 13.3 Å². The molecule has 15 heavy (non-hydrogen) atoms. The first-order chi connectivity index (χ1) is 7.29. The van der Waals surface area contributed by atoms with Gasteiger partial charge in [0.15, 0.2) is 0 Å². The van der Waals surface area contributed by atoms with Gasteiger partial charge >= 0.3 is 0 Å². The van der Waals surface area contributed by atoms with Crippen molar-refractivity contribution in [3.63, 3.8) is 0 Å². The van der Waals surface area contributed by atoms with Gasteiger partial charge in [-0.15, -0.1) is 0 Å². The van der Waals surface area contributed by atoms with Crippen LogP contribution in [0.25, 0.3) is 0 Å². The van der Waals surface area contributed by atoms with Crippen LogP contribution in [-0.2, 0) is 0 Å². The van der Waals surface area contributed by atoms with Gasteiger partial charge in [0.05, 0.1) is 6.10 Å². The molecule has 2 aliphatic rings. The van der Waals surface area contributed by atoms with E-state index < -0.39 is 0 Å². The number of aliphatic hydroxyl groups is 1. The van der Waals surface area contributed by atoms with E-state index >= 15 is 0 Å². The van der Waals surface area contributed by atoms with Crippen molar-refractivity contribution < 1.29 is 5.11 Å². The van der Waals surface area contributed by atoms with Gasteiger partial charge in [-0.2, -0.15) is 0 Å². The highest BCUT2D eigenvalue weighted by molar-refractivity contribution is 4.82. The van der Waals surface area contributed by atoms with E-state index in [1.165, 1.54) is 32.1 Å². The molecule has 0 aromatic carbocycles. The summed E-state index contributed by atoms with van der Waals surface area (Å²) in [6.45, 7) is 4.58. The van der Waals surface area contributed by atoms with E-state index in [0.29, 0.717) is 0 Å². The van der Waals surface area contributed by atoms with Crippen LogP contribution >= 0.6 is 0 Å². The molecule has 0 unspecified atom stereocenters. The van der Waals surface area contributed by atoms with Gasteiger partial charge < -0.3 is 10.0 Å². The maximum Gasteiger partial charge on any atom is 0.0564 e. The number of likely N-dealkylation sites (tertiary alicyclic amines) is 1. The van der Waals surface area contributed by atoms with Gasteiger partial charge in [0, 0.05) is 19.1 Å². The maximum atomic E-state index is 9.48. The van der Waals surface area contributed by atoms with Crippen molar-refractivity contribution in [3.05, 3.63) is 0 Å². The predicted molar refractivity (Wildman–Crippen MR) is 62.9 cm³/mol. The SMILES string of the molecule is CCC1CCC(N2CCC(O)CC2)CC1. The van der Waals surface area contributed by atoms with E-state index in [0.717, 1.165) is 37.9 Å². The molecule has 2 nitrogen and oxygen atoms in total. The molecule has 1 saturated heterocycles. The Morgan fingerprint density at radius 3 is 2.13 bits per heavy atom. The number of piperidine rings is 1. The number of nitrogens with zero attached hydrogens (tertiary/aromatic N) is 1. The molecule has 0 aromatic heterocycles. The molecule has 0 radical (unpaired) electrons. The summed E-state index contributed by atoms with van der Waals surface area (Å²) in [5.74, 6) is 0.997. The lowest BCUT2D eigenvalue weighted by atomic mass is 9.83. The van der Waals surface area contributed by atoms with Gasteiger partial charge in [0.1, 0.15) is 0 Å². The first kappa shape index (κ1) is 11.4. The fraction of sp³-hybridized carbons (Fsp3) is 1.00. The number of aliphatic hydroxyl groups excluding tert-OH is 1.